The number of hydrogen-bond donors (Lipinski definition) is 0. The van der Waals surface area contributed by atoms with E-state index in [1.54, 1.807) is 31.3 Å². The highest BCUT2D eigenvalue weighted by Crippen LogP contribution is 2.34. The van der Waals surface area contributed by atoms with Crippen LogP contribution in [0.4, 0.5) is 11.4 Å². The van der Waals surface area contributed by atoms with Crippen molar-refractivity contribution in [3.8, 4) is 22.8 Å². The SMILES string of the molecule is COc1cc(OC)cc(N(CCN(C)C)c2ccc3ncc(-c4cnn(C)c4)nc3c2)c1. The summed E-state index contributed by atoms with van der Waals surface area (Å²) in [6.07, 6.45) is 5.52. The van der Waals surface area contributed by atoms with E-state index < -0.39 is 0 Å². The zero-order valence-corrected chi connectivity index (χ0v) is 19.1. The second-order valence-corrected chi connectivity index (χ2v) is 7.86. The van der Waals surface area contributed by atoms with Crippen molar-refractivity contribution >= 4 is 22.4 Å². The fraction of sp³-hybridized carbons (Fsp3) is 0.292. The summed E-state index contributed by atoms with van der Waals surface area (Å²) < 4.78 is 12.8. The molecule has 2 aromatic heterocycles. The van der Waals surface area contributed by atoms with E-state index in [1.165, 1.54) is 0 Å². The maximum atomic E-state index is 5.50. The van der Waals surface area contributed by atoms with E-state index in [0.29, 0.717) is 0 Å². The summed E-state index contributed by atoms with van der Waals surface area (Å²) in [5.41, 5.74) is 5.41. The van der Waals surface area contributed by atoms with Gasteiger partial charge < -0.3 is 19.3 Å². The van der Waals surface area contributed by atoms with Crippen molar-refractivity contribution in [1.29, 1.82) is 0 Å². The van der Waals surface area contributed by atoms with Crippen LogP contribution in [0.2, 0.25) is 0 Å². The lowest BCUT2D eigenvalue weighted by Gasteiger charge is -2.27. The van der Waals surface area contributed by atoms with Gasteiger partial charge in [-0.2, -0.15) is 5.10 Å². The Balaban J connectivity index is 1.78. The van der Waals surface area contributed by atoms with Gasteiger partial charge in [-0.25, -0.2) is 4.98 Å². The number of aromatic nitrogens is 4. The molecule has 166 valence electrons. The topological polar surface area (TPSA) is 68.5 Å². The van der Waals surface area contributed by atoms with Crippen LogP contribution < -0.4 is 14.4 Å². The number of nitrogens with zero attached hydrogens (tertiary/aromatic N) is 6. The molecule has 0 aliphatic heterocycles. The summed E-state index contributed by atoms with van der Waals surface area (Å²) in [7, 11) is 9.34. The Morgan fingerprint density at radius 2 is 1.62 bits per heavy atom. The molecule has 0 bridgehead atoms. The monoisotopic (exact) mass is 432 g/mol. The molecular formula is C24H28N6O2. The summed E-state index contributed by atoms with van der Waals surface area (Å²) in [6.45, 7) is 1.66. The Labute approximate surface area is 188 Å². The molecule has 32 heavy (non-hydrogen) atoms. The third kappa shape index (κ3) is 4.65. The lowest BCUT2D eigenvalue weighted by atomic mass is 10.2. The Bertz CT molecular complexity index is 1200. The lowest BCUT2D eigenvalue weighted by molar-refractivity contribution is 0.394. The van der Waals surface area contributed by atoms with Gasteiger partial charge in [0.15, 0.2) is 0 Å². The number of fused-ring (bicyclic) bond motifs is 1. The highest BCUT2D eigenvalue weighted by molar-refractivity contribution is 5.82. The molecule has 0 amide bonds. The van der Waals surface area contributed by atoms with Crippen LogP contribution in [0.15, 0.2) is 55.0 Å². The maximum absolute atomic E-state index is 5.50. The Morgan fingerprint density at radius 1 is 0.875 bits per heavy atom. The van der Waals surface area contributed by atoms with Gasteiger partial charge in [0, 0.05) is 61.5 Å². The first-order valence-corrected chi connectivity index (χ1v) is 10.4. The van der Waals surface area contributed by atoms with Crippen LogP contribution in [-0.2, 0) is 7.05 Å². The standard InChI is InChI=1S/C24H28N6O2/c1-28(2)8-9-30(19-10-20(31-4)13-21(11-19)32-5)18-6-7-22-23(12-18)27-24(15-25-22)17-14-26-29(3)16-17/h6-7,10-16H,8-9H2,1-5H3. The first-order valence-electron chi connectivity index (χ1n) is 10.4. The Morgan fingerprint density at radius 3 is 2.25 bits per heavy atom. The Hall–Kier alpha value is -3.65. The van der Waals surface area contributed by atoms with Crippen LogP contribution in [0.1, 0.15) is 0 Å². The fourth-order valence-electron chi connectivity index (χ4n) is 3.52. The van der Waals surface area contributed by atoms with Gasteiger partial charge in [0.05, 0.1) is 43.3 Å². The van der Waals surface area contributed by atoms with Gasteiger partial charge in [-0.15, -0.1) is 0 Å². The van der Waals surface area contributed by atoms with Crippen LogP contribution in [-0.4, -0.2) is 66.1 Å². The minimum atomic E-state index is 0.744. The first kappa shape index (κ1) is 21.6. The van der Waals surface area contributed by atoms with Crippen molar-refractivity contribution in [2.75, 3.05) is 46.3 Å². The number of aryl methyl sites for hydroxylation is 1. The third-order valence-electron chi connectivity index (χ3n) is 5.26. The van der Waals surface area contributed by atoms with Gasteiger partial charge in [-0.3, -0.25) is 9.67 Å². The van der Waals surface area contributed by atoms with Crippen molar-refractivity contribution in [3.05, 3.63) is 55.0 Å². The van der Waals surface area contributed by atoms with E-state index in [-0.39, 0.29) is 0 Å². The quantitative estimate of drug-likeness (QED) is 0.420. The molecule has 4 rings (SSSR count). The largest absolute Gasteiger partial charge is 0.497 e. The van der Waals surface area contributed by atoms with E-state index in [1.807, 2.05) is 37.5 Å². The van der Waals surface area contributed by atoms with Gasteiger partial charge >= 0.3 is 0 Å². The highest BCUT2D eigenvalue weighted by atomic mass is 16.5. The number of benzene rings is 2. The predicted molar refractivity (Wildman–Crippen MR) is 127 cm³/mol. The van der Waals surface area contributed by atoms with E-state index in [0.717, 1.165) is 58.3 Å². The summed E-state index contributed by atoms with van der Waals surface area (Å²) in [5.74, 6) is 1.49. The van der Waals surface area contributed by atoms with E-state index in [9.17, 15) is 0 Å². The number of anilines is 2. The summed E-state index contributed by atoms with van der Waals surface area (Å²) >= 11 is 0. The average Bonchev–Trinajstić information content (AvgIpc) is 3.24. The molecule has 0 saturated heterocycles. The first-order chi connectivity index (χ1) is 15.5. The molecule has 0 aliphatic rings. The van der Waals surface area contributed by atoms with Gasteiger partial charge in [-0.05, 0) is 32.3 Å². The van der Waals surface area contributed by atoms with E-state index >= 15 is 0 Å². The molecule has 0 unspecified atom stereocenters. The van der Waals surface area contributed by atoms with Gasteiger partial charge in [0.2, 0.25) is 0 Å². The van der Waals surface area contributed by atoms with Crippen molar-refractivity contribution in [2.45, 2.75) is 0 Å². The molecule has 0 radical (unpaired) electrons. The van der Waals surface area contributed by atoms with Gasteiger partial charge in [0.1, 0.15) is 11.5 Å². The number of ether oxygens (including phenoxy) is 2. The number of likely N-dealkylation sites (N-methyl/N-ethyl adjacent to an activating group) is 1. The van der Waals surface area contributed by atoms with E-state index in [4.69, 9.17) is 14.5 Å². The molecule has 4 aromatic rings. The zero-order chi connectivity index (χ0) is 22.7. The van der Waals surface area contributed by atoms with Gasteiger partial charge in [-0.1, -0.05) is 0 Å². The molecule has 0 fully saturated rings. The van der Waals surface area contributed by atoms with Crippen LogP contribution in [0, 0.1) is 0 Å². The lowest BCUT2D eigenvalue weighted by Crippen LogP contribution is -2.28. The third-order valence-corrected chi connectivity index (χ3v) is 5.26. The molecule has 8 heteroatoms. The van der Waals surface area contributed by atoms with Crippen LogP contribution in [0.5, 0.6) is 11.5 Å². The summed E-state index contributed by atoms with van der Waals surface area (Å²) in [6, 6.07) is 12.1. The molecule has 0 aliphatic carbocycles. The molecular weight excluding hydrogens is 404 g/mol. The number of methoxy groups -OCH3 is 2. The van der Waals surface area contributed by atoms with Crippen molar-refractivity contribution in [2.24, 2.45) is 7.05 Å². The molecule has 0 spiro atoms. The van der Waals surface area contributed by atoms with Crippen molar-refractivity contribution in [3.63, 3.8) is 0 Å². The smallest absolute Gasteiger partial charge is 0.124 e. The summed E-state index contributed by atoms with van der Waals surface area (Å²) in [5, 5.41) is 4.24. The Kier molecular flexibility index (Phi) is 6.23. The molecule has 0 N–H and O–H groups in total. The molecule has 8 nitrogen and oxygen atoms in total. The second-order valence-electron chi connectivity index (χ2n) is 7.86. The minimum Gasteiger partial charge on any atom is -0.497 e. The van der Waals surface area contributed by atoms with Gasteiger partial charge in [0.25, 0.3) is 0 Å². The van der Waals surface area contributed by atoms with Crippen LogP contribution in [0.25, 0.3) is 22.3 Å². The maximum Gasteiger partial charge on any atom is 0.124 e. The minimum absolute atomic E-state index is 0.744. The number of hydrogen-bond acceptors (Lipinski definition) is 7. The molecule has 2 heterocycles. The zero-order valence-electron chi connectivity index (χ0n) is 19.1. The summed E-state index contributed by atoms with van der Waals surface area (Å²) in [4.78, 5) is 13.9. The highest BCUT2D eigenvalue weighted by Gasteiger charge is 2.15. The number of rotatable bonds is 8. The molecule has 2 aromatic carbocycles. The predicted octanol–water partition coefficient (Wildman–Crippen LogP) is 3.75. The van der Waals surface area contributed by atoms with Crippen molar-refractivity contribution in [1.82, 2.24) is 24.6 Å². The van der Waals surface area contributed by atoms with Crippen LogP contribution in [0.3, 0.4) is 0 Å². The second kappa shape index (κ2) is 9.23. The van der Waals surface area contributed by atoms with Crippen LogP contribution >= 0.6 is 0 Å². The molecule has 0 atom stereocenters. The van der Waals surface area contributed by atoms with E-state index in [2.05, 4.69) is 46.1 Å². The molecule has 0 saturated carbocycles. The average molecular weight is 433 g/mol. The van der Waals surface area contributed by atoms with Crippen molar-refractivity contribution < 1.29 is 9.47 Å². The fourth-order valence-corrected chi connectivity index (χ4v) is 3.52. The normalized spacial score (nSPS) is 11.2.